The Labute approximate surface area is 172 Å². The van der Waals surface area contributed by atoms with E-state index in [2.05, 4.69) is 12.0 Å². The van der Waals surface area contributed by atoms with Crippen molar-refractivity contribution in [1.82, 2.24) is 9.76 Å². The monoisotopic (exact) mass is 426 g/mol. The number of benzene rings is 1. The summed E-state index contributed by atoms with van der Waals surface area (Å²) in [6.45, 7) is 3.00. The van der Waals surface area contributed by atoms with Gasteiger partial charge in [-0.3, -0.25) is 14.0 Å². The van der Waals surface area contributed by atoms with Crippen LogP contribution in [-0.2, 0) is 9.36 Å². The second-order valence-electron chi connectivity index (χ2n) is 6.39. The van der Waals surface area contributed by atoms with Crippen LogP contribution in [0.25, 0.3) is 0 Å². The highest BCUT2D eigenvalue weighted by Gasteiger charge is 2.32. The van der Waals surface area contributed by atoms with Crippen molar-refractivity contribution in [3.05, 3.63) is 42.0 Å². The fourth-order valence-electron chi connectivity index (χ4n) is 2.22. The van der Waals surface area contributed by atoms with Gasteiger partial charge in [-0.1, -0.05) is 51.1 Å². The van der Waals surface area contributed by atoms with Crippen LogP contribution in [0.3, 0.4) is 0 Å². The molecule has 8 heteroatoms. The molecule has 0 bridgehead atoms. The van der Waals surface area contributed by atoms with Gasteiger partial charge in [0.2, 0.25) is 0 Å². The number of nitrogens with one attached hydrogen (secondary N) is 1. The molecule has 156 valence electrons. The average Bonchev–Trinajstić information content (AvgIpc) is 2.70. The molecule has 2 unspecified atom stereocenters. The largest absolute Gasteiger partial charge is 0.423 e. The normalized spacial score (nSPS) is 14.5. The molecule has 2 atom stereocenters. The number of amides is 1. The van der Waals surface area contributed by atoms with Crippen molar-refractivity contribution in [2.75, 3.05) is 14.1 Å². The molecule has 1 N–H and O–H groups in total. The number of carbonyl (C=O) groups is 2. The molecule has 1 amide bonds. The van der Waals surface area contributed by atoms with E-state index >= 15 is 0 Å². The average molecular weight is 427 g/mol. The lowest BCUT2D eigenvalue weighted by Gasteiger charge is -2.28. The molecule has 0 heterocycles. The minimum atomic E-state index is -3.08. The van der Waals surface area contributed by atoms with Gasteiger partial charge in [-0.25, -0.2) is 9.88 Å². The van der Waals surface area contributed by atoms with Gasteiger partial charge in [0.25, 0.3) is 12.6 Å². The quantitative estimate of drug-likeness (QED) is 0.171. The SMILES string of the molecule is CCCCC=CC(=O)Oc1ccc(C(=O)N(C)P(=O)(NC)SC(C)CC)cc1. The van der Waals surface area contributed by atoms with Crippen LogP contribution in [0.1, 0.15) is 56.8 Å². The van der Waals surface area contributed by atoms with E-state index in [0.29, 0.717) is 11.3 Å². The number of carbonyl (C=O) groups excluding carboxylic acids is 2. The summed E-state index contributed by atoms with van der Waals surface area (Å²) in [5, 5.41) is 2.96. The third-order valence-electron chi connectivity index (χ3n) is 4.17. The van der Waals surface area contributed by atoms with Crippen molar-refractivity contribution < 1.29 is 18.9 Å². The maximum atomic E-state index is 13.1. The van der Waals surface area contributed by atoms with Crippen LogP contribution in [0.15, 0.2) is 36.4 Å². The number of unbranched alkanes of at least 4 members (excludes halogenated alkanes) is 2. The lowest BCUT2D eigenvalue weighted by Crippen LogP contribution is -2.28. The van der Waals surface area contributed by atoms with Gasteiger partial charge < -0.3 is 4.74 Å². The second kappa shape index (κ2) is 12.1. The first-order valence-electron chi connectivity index (χ1n) is 9.51. The molecule has 1 aromatic rings. The van der Waals surface area contributed by atoms with Crippen molar-refractivity contribution >= 4 is 29.9 Å². The highest BCUT2D eigenvalue weighted by atomic mass is 32.7. The van der Waals surface area contributed by atoms with Crippen LogP contribution in [-0.4, -0.2) is 35.9 Å². The molecule has 0 aliphatic heterocycles. The number of esters is 1. The number of hydrogen-bond acceptors (Lipinski definition) is 5. The van der Waals surface area contributed by atoms with E-state index in [0.717, 1.165) is 25.7 Å². The maximum absolute atomic E-state index is 13.1. The van der Waals surface area contributed by atoms with Crippen molar-refractivity contribution in [3.8, 4) is 5.75 Å². The molecule has 0 saturated heterocycles. The van der Waals surface area contributed by atoms with E-state index in [1.807, 2.05) is 13.8 Å². The smallest absolute Gasteiger partial charge is 0.335 e. The number of rotatable bonds is 11. The van der Waals surface area contributed by atoms with Gasteiger partial charge >= 0.3 is 5.97 Å². The molecule has 1 aromatic carbocycles. The lowest BCUT2D eigenvalue weighted by molar-refractivity contribution is -0.129. The first-order valence-corrected chi connectivity index (χ1v) is 12.7. The standard InChI is InChI=1S/C20H31N2O4PS/c1-6-8-9-10-11-19(23)26-18-14-12-17(13-15-18)20(24)22(5)27(25,21-4)28-16(3)7-2/h10-16H,6-9H2,1-5H3,(H,21,25). The Balaban J connectivity index is 2.78. The Morgan fingerprint density at radius 3 is 2.46 bits per heavy atom. The fourth-order valence-corrected chi connectivity index (χ4v) is 6.63. The van der Waals surface area contributed by atoms with Gasteiger partial charge in [0.1, 0.15) is 5.75 Å². The number of allylic oxidation sites excluding steroid dienone is 1. The lowest BCUT2D eigenvalue weighted by atomic mass is 10.2. The summed E-state index contributed by atoms with van der Waals surface area (Å²) in [5.41, 5.74) is 0.376. The first kappa shape index (κ1) is 24.5. The van der Waals surface area contributed by atoms with Crippen LogP contribution in [0.5, 0.6) is 5.75 Å². The summed E-state index contributed by atoms with van der Waals surface area (Å²) in [6, 6.07) is 6.25. The first-order chi connectivity index (χ1) is 13.3. The summed E-state index contributed by atoms with van der Waals surface area (Å²) < 4.78 is 19.6. The van der Waals surface area contributed by atoms with E-state index in [1.54, 1.807) is 37.4 Å². The third kappa shape index (κ3) is 7.46. The molecule has 0 aromatic heterocycles. The molecule has 0 aliphatic carbocycles. The summed E-state index contributed by atoms with van der Waals surface area (Å²) in [7, 11) is 3.13. The van der Waals surface area contributed by atoms with Crippen molar-refractivity contribution in [2.24, 2.45) is 0 Å². The second-order valence-corrected chi connectivity index (χ2v) is 11.6. The predicted molar refractivity (Wildman–Crippen MR) is 117 cm³/mol. The predicted octanol–water partition coefficient (Wildman–Crippen LogP) is 5.27. The number of hydrogen-bond donors (Lipinski definition) is 1. The van der Waals surface area contributed by atoms with Crippen LogP contribution in [0.4, 0.5) is 0 Å². The van der Waals surface area contributed by atoms with Crippen molar-refractivity contribution in [3.63, 3.8) is 0 Å². The van der Waals surface area contributed by atoms with Gasteiger partial charge in [-0.2, -0.15) is 0 Å². The molecular weight excluding hydrogens is 395 g/mol. The van der Waals surface area contributed by atoms with Crippen molar-refractivity contribution in [1.29, 1.82) is 0 Å². The molecule has 0 spiro atoms. The van der Waals surface area contributed by atoms with Gasteiger partial charge in [0.15, 0.2) is 0 Å². The molecule has 0 saturated carbocycles. The van der Waals surface area contributed by atoms with Crippen LogP contribution < -0.4 is 9.82 Å². The molecular formula is C20H31N2O4PS. The van der Waals surface area contributed by atoms with Gasteiger partial charge in [0, 0.05) is 23.9 Å². The summed E-state index contributed by atoms with van der Waals surface area (Å²) >= 11 is 1.27. The molecule has 0 fully saturated rings. The zero-order valence-corrected chi connectivity index (χ0v) is 19.0. The van der Waals surface area contributed by atoms with Crippen LogP contribution in [0.2, 0.25) is 0 Å². The molecule has 28 heavy (non-hydrogen) atoms. The Kier molecular flexibility index (Phi) is 10.6. The number of ether oxygens (including phenoxy) is 1. The summed E-state index contributed by atoms with van der Waals surface area (Å²) in [5.74, 6) is -0.446. The molecule has 0 radical (unpaired) electrons. The molecule has 1 rings (SSSR count). The maximum Gasteiger partial charge on any atom is 0.335 e. The Morgan fingerprint density at radius 1 is 1.29 bits per heavy atom. The van der Waals surface area contributed by atoms with Crippen LogP contribution >= 0.6 is 18.0 Å². The van der Waals surface area contributed by atoms with Gasteiger partial charge in [0.05, 0.1) is 0 Å². The Hall–Kier alpha value is -1.56. The van der Waals surface area contributed by atoms with E-state index in [-0.39, 0.29) is 11.2 Å². The zero-order valence-electron chi connectivity index (χ0n) is 17.3. The summed E-state index contributed by atoms with van der Waals surface area (Å²) in [6.07, 6.45) is 7.00. The minimum absolute atomic E-state index is 0.153. The summed E-state index contributed by atoms with van der Waals surface area (Å²) in [4.78, 5) is 24.5. The van der Waals surface area contributed by atoms with E-state index in [9.17, 15) is 14.2 Å². The molecule has 0 aliphatic rings. The highest BCUT2D eigenvalue weighted by molar-refractivity contribution is 8.57. The van der Waals surface area contributed by atoms with Gasteiger partial charge in [-0.15, -0.1) is 0 Å². The van der Waals surface area contributed by atoms with Crippen molar-refractivity contribution in [2.45, 2.75) is 51.7 Å². The fraction of sp³-hybridized carbons (Fsp3) is 0.500. The Morgan fingerprint density at radius 2 is 1.93 bits per heavy atom. The van der Waals surface area contributed by atoms with E-state index < -0.39 is 12.6 Å². The third-order valence-corrected chi connectivity index (χ3v) is 9.90. The van der Waals surface area contributed by atoms with Gasteiger partial charge in [-0.05, 0) is 44.2 Å². The Bertz CT molecular complexity index is 721. The van der Waals surface area contributed by atoms with Crippen LogP contribution in [0, 0.1) is 0 Å². The van der Waals surface area contributed by atoms with E-state index in [1.165, 1.54) is 29.2 Å². The minimum Gasteiger partial charge on any atom is -0.423 e. The number of nitrogens with zero attached hydrogens (tertiary/aromatic N) is 1. The zero-order chi connectivity index (χ0) is 21.2. The topological polar surface area (TPSA) is 75.7 Å². The van der Waals surface area contributed by atoms with E-state index in [4.69, 9.17) is 4.74 Å². The highest BCUT2D eigenvalue weighted by Crippen LogP contribution is 2.59. The molecule has 6 nitrogen and oxygen atoms in total.